The average Bonchev–Trinajstić information content (AvgIpc) is 1.88. The molecule has 0 aliphatic carbocycles. The number of rotatable bonds is 1. The molecule has 1 aliphatic rings. The highest BCUT2D eigenvalue weighted by molar-refractivity contribution is 8.00. The number of hydrogen-bond donors (Lipinski definition) is 3. The minimum atomic E-state index is -0.248. The summed E-state index contributed by atoms with van der Waals surface area (Å²) in [7, 11) is 0. The topological polar surface area (TPSA) is 15.3 Å². The molecule has 2 nitrogen and oxygen atoms in total. The van der Waals surface area contributed by atoms with Gasteiger partial charge in [0, 0.05) is 26.2 Å². The van der Waals surface area contributed by atoms with Gasteiger partial charge in [-0.15, -0.1) is 25.3 Å². The van der Waals surface area contributed by atoms with Crippen molar-refractivity contribution in [1.82, 2.24) is 10.2 Å². The molecule has 1 aliphatic heterocycles. The fourth-order valence-electron chi connectivity index (χ4n) is 1.09. The van der Waals surface area contributed by atoms with Crippen LogP contribution in [0.4, 0.5) is 0 Å². The number of hydrogen-bond acceptors (Lipinski definition) is 4. The molecule has 0 aromatic heterocycles. The fraction of sp³-hybridized carbons (Fsp3) is 1.00. The lowest BCUT2D eigenvalue weighted by Crippen LogP contribution is -2.49. The maximum Gasteiger partial charge on any atom is 0.105 e. The van der Waals surface area contributed by atoms with Gasteiger partial charge < -0.3 is 5.32 Å². The van der Waals surface area contributed by atoms with Crippen LogP contribution < -0.4 is 5.32 Å². The third-order valence-electron chi connectivity index (χ3n) is 1.72. The fourth-order valence-corrected chi connectivity index (χ4v) is 1.49. The molecule has 60 valence electrons. The van der Waals surface area contributed by atoms with Crippen molar-refractivity contribution in [3.05, 3.63) is 0 Å². The predicted molar refractivity (Wildman–Crippen MR) is 50.8 cm³/mol. The lowest BCUT2D eigenvalue weighted by atomic mass is 10.4. The summed E-state index contributed by atoms with van der Waals surface area (Å²) in [6.07, 6.45) is 0. The SMILES string of the molecule is CC(S)(S)N1CCNCC1. The summed E-state index contributed by atoms with van der Waals surface area (Å²) >= 11 is 8.72. The van der Waals surface area contributed by atoms with Gasteiger partial charge >= 0.3 is 0 Å². The van der Waals surface area contributed by atoms with Gasteiger partial charge in [-0.05, 0) is 6.92 Å². The van der Waals surface area contributed by atoms with E-state index >= 15 is 0 Å². The van der Waals surface area contributed by atoms with Crippen LogP contribution in [-0.4, -0.2) is 35.3 Å². The van der Waals surface area contributed by atoms with Crippen molar-refractivity contribution in [3.63, 3.8) is 0 Å². The molecule has 1 heterocycles. The van der Waals surface area contributed by atoms with E-state index in [0.717, 1.165) is 26.2 Å². The second-order valence-corrected chi connectivity index (χ2v) is 4.80. The number of thiol groups is 2. The number of nitrogens with zero attached hydrogens (tertiary/aromatic N) is 1. The molecular formula is C6H14N2S2. The molecule has 0 amide bonds. The molecule has 0 aromatic carbocycles. The first kappa shape index (κ1) is 8.71. The van der Waals surface area contributed by atoms with E-state index in [1.165, 1.54) is 0 Å². The molecule has 0 unspecified atom stereocenters. The zero-order valence-corrected chi connectivity index (χ0v) is 7.96. The lowest BCUT2D eigenvalue weighted by Gasteiger charge is -2.36. The van der Waals surface area contributed by atoms with E-state index in [9.17, 15) is 0 Å². The molecule has 0 atom stereocenters. The third-order valence-corrected chi connectivity index (χ3v) is 2.28. The standard InChI is InChI=1S/C6H14N2S2/c1-6(9,10)8-4-2-7-3-5-8/h7,9-10H,2-5H2,1H3. The molecule has 1 N–H and O–H groups in total. The molecule has 0 saturated carbocycles. The van der Waals surface area contributed by atoms with Crippen LogP contribution in [0, 0.1) is 0 Å². The first-order valence-corrected chi connectivity index (χ1v) is 4.40. The van der Waals surface area contributed by atoms with E-state index in [-0.39, 0.29) is 4.20 Å². The second-order valence-electron chi connectivity index (χ2n) is 2.71. The van der Waals surface area contributed by atoms with E-state index in [0.29, 0.717) is 0 Å². The predicted octanol–water partition coefficient (Wildman–Crippen LogP) is 0.425. The maximum atomic E-state index is 4.36. The Morgan fingerprint density at radius 3 is 2.10 bits per heavy atom. The van der Waals surface area contributed by atoms with Crippen LogP contribution in [0.25, 0.3) is 0 Å². The zero-order chi connectivity index (χ0) is 7.61. The van der Waals surface area contributed by atoms with Gasteiger partial charge in [0.2, 0.25) is 0 Å². The zero-order valence-electron chi connectivity index (χ0n) is 6.17. The number of nitrogens with one attached hydrogen (secondary N) is 1. The van der Waals surface area contributed by atoms with Crippen LogP contribution in [0.3, 0.4) is 0 Å². The van der Waals surface area contributed by atoms with Crippen LogP contribution in [-0.2, 0) is 0 Å². The van der Waals surface area contributed by atoms with E-state index < -0.39 is 0 Å². The van der Waals surface area contributed by atoms with E-state index in [2.05, 4.69) is 35.5 Å². The summed E-state index contributed by atoms with van der Waals surface area (Å²) in [5, 5.41) is 3.28. The van der Waals surface area contributed by atoms with Crippen LogP contribution in [0.5, 0.6) is 0 Å². The molecule has 0 bridgehead atoms. The number of piperazine rings is 1. The summed E-state index contributed by atoms with van der Waals surface area (Å²) in [6, 6.07) is 0. The minimum absolute atomic E-state index is 0.248. The minimum Gasteiger partial charge on any atom is -0.314 e. The van der Waals surface area contributed by atoms with Gasteiger partial charge in [-0.1, -0.05) is 0 Å². The second kappa shape index (κ2) is 3.34. The Kier molecular flexibility index (Phi) is 2.91. The highest BCUT2D eigenvalue weighted by Gasteiger charge is 2.23. The van der Waals surface area contributed by atoms with Gasteiger partial charge in [-0.3, -0.25) is 4.90 Å². The van der Waals surface area contributed by atoms with Crippen molar-refractivity contribution in [2.75, 3.05) is 26.2 Å². The van der Waals surface area contributed by atoms with Crippen LogP contribution in [0.1, 0.15) is 6.92 Å². The Morgan fingerprint density at radius 2 is 1.80 bits per heavy atom. The Hall–Kier alpha value is 0.620. The molecule has 1 rings (SSSR count). The molecule has 1 fully saturated rings. The first-order chi connectivity index (χ1) is 4.61. The van der Waals surface area contributed by atoms with Crippen LogP contribution in [0.2, 0.25) is 0 Å². The van der Waals surface area contributed by atoms with Crippen molar-refractivity contribution in [2.45, 2.75) is 11.1 Å². The molecule has 0 spiro atoms. The van der Waals surface area contributed by atoms with E-state index in [4.69, 9.17) is 0 Å². The van der Waals surface area contributed by atoms with E-state index in [1.807, 2.05) is 6.92 Å². The van der Waals surface area contributed by atoms with Crippen LogP contribution >= 0.6 is 25.3 Å². The van der Waals surface area contributed by atoms with Gasteiger partial charge in [0.05, 0.1) is 0 Å². The van der Waals surface area contributed by atoms with E-state index in [1.54, 1.807) is 0 Å². The van der Waals surface area contributed by atoms with Gasteiger partial charge in [-0.25, -0.2) is 0 Å². The van der Waals surface area contributed by atoms with Crippen molar-refractivity contribution >= 4 is 25.3 Å². The Bertz CT molecular complexity index is 105. The molecule has 1 saturated heterocycles. The smallest absolute Gasteiger partial charge is 0.105 e. The maximum absolute atomic E-state index is 4.36. The van der Waals surface area contributed by atoms with Gasteiger partial charge in [0.1, 0.15) is 4.20 Å². The van der Waals surface area contributed by atoms with Gasteiger partial charge in [0.25, 0.3) is 0 Å². The Labute approximate surface area is 73.2 Å². The first-order valence-electron chi connectivity index (χ1n) is 3.51. The highest BCUT2D eigenvalue weighted by Crippen LogP contribution is 2.23. The molecule has 4 heteroatoms. The van der Waals surface area contributed by atoms with Crippen molar-refractivity contribution in [1.29, 1.82) is 0 Å². The largest absolute Gasteiger partial charge is 0.314 e. The lowest BCUT2D eigenvalue weighted by molar-refractivity contribution is 0.219. The summed E-state index contributed by atoms with van der Waals surface area (Å²) < 4.78 is -0.248. The Morgan fingerprint density at radius 1 is 1.30 bits per heavy atom. The normalized spacial score (nSPS) is 23.1. The van der Waals surface area contributed by atoms with Crippen LogP contribution in [0.15, 0.2) is 0 Å². The monoisotopic (exact) mass is 178 g/mol. The molecular weight excluding hydrogens is 164 g/mol. The third kappa shape index (κ3) is 2.34. The summed E-state index contributed by atoms with van der Waals surface area (Å²) in [5.74, 6) is 0. The van der Waals surface area contributed by atoms with Crippen molar-refractivity contribution in [2.24, 2.45) is 0 Å². The summed E-state index contributed by atoms with van der Waals surface area (Å²) in [4.78, 5) is 2.25. The van der Waals surface area contributed by atoms with Gasteiger partial charge in [-0.2, -0.15) is 0 Å². The average molecular weight is 178 g/mol. The molecule has 0 aromatic rings. The Balaban J connectivity index is 2.39. The van der Waals surface area contributed by atoms with Crippen molar-refractivity contribution in [3.8, 4) is 0 Å². The van der Waals surface area contributed by atoms with Gasteiger partial charge in [0.15, 0.2) is 0 Å². The summed E-state index contributed by atoms with van der Waals surface area (Å²) in [5.41, 5.74) is 0. The quantitative estimate of drug-likeness (QED) is 0.398. The summed E-state index contributed by atoms with van der Waals surface area (Å²) in [6.45, 7) is 6.20. The highest BCUT2D eigenvalue weighted by atomic mass is 32.2. The molecule has 0 radical (unpaired) electrons. The van der Waals surface area contributed by atoms with Crippen molar-refractivity contribution < 1.29 is 0 Å². The molecule has 10 heavy (non-hydrogen) atoms.